The van der Waals surface area contributed by atoms with Gasteiger partial charge in [-0.05, 0) is 57.9 Å². The van der Waals surface area contributed by atoms with Crippen LogP contribution in [0.15, 0.2) is 0 Å². The van der Waals surface area contributed by atoms with Crippen molar-refractivity contribution < 1.29 is 0 Å². The van der Waals surface area contributed by atoms with Crippen LogP contribution < -0.4 is 0 Å². The Bertz CT molecular complexity index is 136. The Morgan fingerprint density at radius 2 is 1.00 bits per heavy atom. The highest BCUT2D eigenvalue weighted by Gasteiger charge is 2.21. The van der Waals surface area contributed by atoms with Crippen molar-refractivity contribution >= 4 is 10.2 Å². The van der Waals surface area contributed by atoms with E-state index in [1.165, 1.54) is 68.1 Å². The number of rotatable bonds is 11. The summed E-state index contributed by atoms with van der Waals surface area (Å²) in [5, 5.41) is 0. The molecule has 0 heterocycles. The minimum Gasteiger partial charge on any atom is -0.288 e. The molecule has 0 spiro atoms. The highest BCUT2D eigenvalue weighted by Crippen LogP contribution is 2.12. The molecule has 3 heteroatoms. The molecule has 0 N–H and O–H groups in total. The van der Waals surface area contributed by atoms with E-state index in [1.54, 1.807) is 0 Å². The first kappa shape index (κ1) is 17.1. The summed E-state index contributed by atoms with van der Waals surface area (Å²) in [6, 6.07) is 1.39. The van der Waals surface area contributed by atoms with Crippen molar-refractivity contribution in [1.82, 2.24) is 9.80 Å². The minimum absolute atomic E-state index is 0.724. The average Bonchev–Trinajstić information content (AvgIpc) is 2.31. The molecule has 104 valence electrons. The molecule has 2 nitrogen and oxygen atoms in total. The van der Waals surface area contributed by atoms with Crippen LogP contribution in [-0.4, -0.2) is 52.4 Å². The van der Waals surface area contributed by atoms with Gasteiger partial charge in [-0.3, -0.25) is 9.80 Å². The molecule has 0 rings (SSSR count). The predicted octanol–water partition coefficient (Wildman–Crippen LogP) is 2.34. The lowest BCUT2D eigenvalue weighted by Gasteiger charge is -2.39. The third-order valence-corrected chi connectivity index (χ3v) is 3.98. The van der Waals surface area contributed by atoms with Crippen LogP contribution in [0, 0.1) is 0 Å². The fourth-order valence-corrected chi connectivity index (χ4v) is 3.75. The average molecular weight is 259 g/mol. The van der Waals surface area contributed by atoms with E-state index < -0.39 is 0 Å². The van der Waals surface area contributed by atoms with Gasteiger partial charge in [0.1, 0.15) is 0 Å². The first-order valence-corrected chi connectivity index (χ1v) is 9.14. The molecule has 0 saturated heterocycles. The van der Waals surface area contributed by atoms with E-state index in [4.69, 9.17) is 0 Å². The number of hydrogen-bond donors (Lipinski definition) is 0. The van der Waals surface area contributed by atoms with E-state index in [0.29, 0.717) is 0 Å². The van der Waals surface area contributed by atoms with Gasteiger partial charge >= 0.3 is 0 Å². The van der Waals surface area contributed by atoms with Crippen LogP contribution in [0.2, 0.25) is 6.04 Å². The van der Waals surface area contributed by atoms with Crippen molar-refractivity contribution in [3.05, 3.63) is 0 Å². The summed E-state index contributed by atoms with van der Waals surface area (Å²) in [5.41, 5.74) is 0. The standard InChI is InChI=1S/C14H34N2Si/c1-5-9-15(10-6-2)14(13-17)16(11-7-3)12-8-4/h14H,5-13H2,1-4,17H3. The van der Waals surface area contributed by atoms with Gasteiger partial charge in [0.15, 0.2) is 0 Å². The smallest absolute Gasteiger partial charge is 0.0590 e. The van der Waals surface area contributed by atoms with Gasteiger partial charge in [0.2, 0.25) is 0 Å². The molecule has 0 bridgehead atoms. The van der Waals surface area contributed by atoms with E-state index in [1.807, 2.05) is 0 Å². The Morgan fingerprint density at radius 3 is 1.18 bits per heavy atom. The van der Waals surface area contributed by atoms with E-state index in [-0.39, 0.29) is 0 Å². The Balaban J connectivity index is 4.55. The summed E-state index contributed by atoms with van der Waals surface area (Å²) in [4.78, 5) is 5.44. The molecule has 0 aromatic carbocycles. The summed E-state index contributed by atoms with van der Waals surface area (Å²) in [6.07, 6.45) is 5.85. The van der Waals surface area contributed by atoms with Crippen molar-refractivity contribution in [1.29, 1.82) is 0 Å². The minimum atomic E-state index is 0.724. The van der Waals surface area contributed by atoms with Crippen LogP contribution in [-0.2, 0) is 0 Å². The van der Waals surface area contributed by atoms with Gasteiger partial charge in [0.25, 0.3) is 0 Å². The lowest BCUT2D eigenvalue weighted by Crippen LogP contribution is -2.49. The fourth-order valence-electron chi connectivity index (χ4n) is 2.72. The predicted molar refractivity (Wildman–Crippen MR) is 82.8 cm³/mol. The van der Waals surface area contributed by atoms with Crippen molar-refractivity contribution in [2.45, 2.75) is 65.6 Å². The van der Waals surface area contributed by atoms with E-state index in [0.717, 1.165) is 6.17 Å². The quantitative estimate of drug-likeness (QED) is 0.415. The SMILES string of the molecule is CCCN(CCC)C(C[SiH3])N(CCC)CCC. The first-order chi connectivity index (χ1) is 8.24. The van der Waals surface area contributed by atoms with Crippen molar-refractivity contribution in [3.63, 3.8) is 0 Å². The summed E-state index contributed by atoms with van der Waals surface area (Å²) >= 11 is 0. The zero-order valence-electron chi connectivity index (χ0n) is 12.8. The lowest BCUT2D eigenvalue weighted by molar-refractivity contribution is 0.0547. The third-order valence-electron chi connectivity index (χ3n) is 3.25. The Morgan fingerprint density at radius 1 is 0.706 bits per heavy atom. The number of nitrogens with zero attached hydrogens (tertiary/aromatic N) is 2. The molecule has 0 aliphatic carbocycles. The van der Waals surface area contributed by atoms with Gasteiger partial charge < -0.3 is 0 Å². The molecule has 0 aromatic heterocycles. The van der Waals surface area contributed by atoms with E-state index in [9.17, 15) is 0 Å². The Labute approximate surface area is 112 Å². The monoisotopic (exact) mass is 258 g/mol. The molecule has 17 heavy (non-hydrogen) atoms. The Kier molecular flexibility index (Phi) is 11.3. The molecule has 0 aliphatic heterocycles. The van der Waals surface area contributed by atoms with Gasteiger partial charge in [-0.15, -0.1) is 0 Å². The first-order valence-electron chi connectivity index (χ1n) is 7.73. The zero-order valence-corrected chi connectivity index (χ0v) is 14.8. The molecule has 0 unspecified atom stereocenters. The normalized spacial score (nSPS) is 12.2. The van der Waals surface area contributed by atoms with E-state index >= 15 is 0 Å². The van der Waals surface area contributed by atoms with Crippen molar-refractivity contribution in [2.24, 2.45) is 0 Å². The topological polar surface area (TPSA) is 6.48 Å². The summed E-state index contributed by atoms with van der Waals surface area (Å²) in [5.74, 6) is 0. The highest BCUT2D eigenvalue weighted by atomic mass is 28.1. The largest absolute Gasteiger partial charge is 0.288 e. The molecule has 0 radical (unpaired) electrons. The highest BCUT2D eigenvalue weighted by molar-refractivity contribution is 6.08. The second-order valence-corrected chi connectivity index (χ2v) is 5.78. The van der Waals surface area contributed by atoms with Crippen LogP contribution in [0.5, 0.6) is 0 Å². The van der Waals surface area contributed by atoms with Crippen LogP contribution in [0.1, 0.15) is 53.4 Å². The zero-order chi connectivity index (χ0) is 13.1. The lowest BCUT2D eigenvalue weighted by atomic mass is 10.2. The summed E-state index contributed by atoms with van der Waals surface area (Å²) in [7, 11) is 1.31. The van der Waals surface area contributed by atoms with Crippen molar-refractivity contribution in [3.8, 4) is 0 Å². The number of hydrogen-bond acceptors (Lipinski definition) is 2. The maximum Gasteiger partial charge on any atom is 0.0590 e. The van der Waals surface area contributed by atoms with Crippen LogP contribution in [0.3, 0.4) is 0 Å². The van der Waals surface area contributed by atoms with Gasteiger partial charge in [0.05, 0.1) is 6.17 Å². The van der Waals surface area contributed by atoms with Crippen molar-refractivity contribution in [2.75, 3.05) is 26.2 Å². The fraction of sp³-hybridized carbons (Fsp3) is 1.00. The maximum atomic E-state index is 2.72. The van der Waals surface area contributed by atoms with Crippen LogP contribution in [0.4, 0.5) is 0 Å². The van der Waals surface area contributed by atoms with Gasteiger partial charge in [-0.1, -0.05) is 27.7 Å². The van der Waals surface area contributed by atoms with Crippen LogP contribution in [0.25, 0.3) is 0 Å². The van der Waals surface area contributed by atoms with Gasteiger partial charge in [-0.2, -0.15) is 0 Å². The molecule has 0 fully saturated rings. The van der Waals surface area contributed by atoms with E-state index in [2.05, 4.69) is 37.5 Å². The molecule has 0 atom stereocenters. The summed E-state index contributed by atoms with van der Waals surface area (Å²) < 4.78 is 0. The molecular formula is C14H34N2Si. The van der Waals surface area contributed by atoms with Gasteiger partial charge in [0, 0.05) is 10.2 Å². The second-order valence-electron chi connectivity index (χ2n) is 4.96. The molecule has 0 aliphatic rings. The molecule has 0 amide bonds. The van der Waals surface area contributed by atoms with Crippen LogP contribution >= 0.6 is 0 Å². The van der Waals surface area contributed by atoms with Gasteiger partial charge in [-0.25, -0.2) is 0 Å². The molecular weight excluding hydrogens is 224 g/mol. The maximum absolute atomic E-state index is 2.72. The molecule has 0 aromatic rings. The molecule has 0 saturated carbocycles. The third kappa shape index (κ3) is 6.58. The summed E-state index contributed by atoms with van der Waals surface area (Å²) in [6.45, 7) is 14.3. The second kappa shape index (κ2) is 11.2. The Hall–Kier alpha value is 0.137.